The van der Waals surface area contributed by atoms with E-state index in [1.165, 1.54) is 19.1 Å². The van der Waals surface area contributed by atoms with E-state index in [4.69, 9.17) is 0 Å². The first-order valence-corrected chi connectivity index (χ1v) is 3.78. The Morgan fingerprint density at radius 3 is 2.54 bits per heavy atom. The van der Waals surface area contributed by atoms with Crippen molar-refractivity contribution < 1.29 is 9.72 Å². The fourth-order valence-corrected chi connectivity index (χ4v) is 1.10. The number of hydrogen-bond acceptors (Lipinski definition) is 3. The highest BCUT2D eigenvalue weighted by Gasteiger charge is 2.10. The largest absolute Gasteiger partial charge is 0.294 e. The lowest BCUT2D eigenvalue weighted by Gasteiger charge is -2.00. The summed E-state index contributed by atoms with van der Waals surface area (Å²) in [5, 5.41) is 10.4. The molecule has 0 aromatic heterocycles. The minimum atomic E-state index is -0.508. The summed E-state index contributed by atoms with van der Waals surface area (Å²) in [4.78, 5) is 20.9. The van der Waals surface area contributed by atoms with E-state index in [9.17, 15) is 14.9 Å². The highest BCUT2D eigenvalue weighted by atomic mass is 16.6. The maximum Gasteiger partial charge on any atom is 0.270 e. The number of non-ortho nitro benzene ring substituents is 1. The first-order valence-electron chi connectivity index (χ1n) is 3.78. The number of carbonyl (C=O) groups excluding carboxylic acids is 1. The van der Waals surface area contributed by atoms with Crippen molar-refractivity contribution in [1.82, 2.24) is 0 Å². The maximum atomic E-state index is 11.0. The predicted molar refractivity (Wildman–Crippen MR) is 47.8 cm³/mol. The third-order valence-corrected chi connectivity index (χ3v) is 1.81. The van der Waals surface area contributed by atoms with Crippen molar-refractivity contribution >= 4 is 11.5 Å². The Morgan fingerprint density at radius 2 is 2.08 bits per heavy atom. The second-order valence-corrected chi connectivity index (χ2v) is 2.81. The Balaban J connectivity index is 3.27. The van der Waals surface area contributed by atoms with Gasteiger partial charge in [0.2, 0.25) is 0 Å². The van der Waals surface area contributed by atoms with Gasteiger partial charge in [0.05, 0.1) is 4.92 Å². The van der Waals surface area contributed by atoms with Gasteiger partial charge in [0.1, 0.15) is 0 Å². The monoisotopic (exact) mass is 179 g/mol. The molecular formula is C9H9NO3. The summed E-state index contributed by atoms with van der Waals surface area (Å²) in [7, 11) is 0. The Labute approximate surface area is 75.3 Å². The van der Waals surface area contributed by atoms with Gasteiger partial charge in [0, 0.05) is 17.7 Å². The number of nitrogens with zero attached hydrogens (tertiary/aromatic N) is 1. The summed E-state index contributed by atoms with van der Waals surface area (Å²) in [6.07, 6.45) is 0. The molecule has 0 bridgehead atoms. The second-order valence-electron chi connectivity index (χ2n) is 2.81. The molecule has 0 fully saturated rings. The van der Waals surface area contributed by atoms with Gasteiger partial charge in [-0.05, 0) is 19.4 Å². The third kappa shape index (κ3) is 1.90. The second kappa shape index (κ2) is 3.35. The first-order chi connectivity index (χ1) is 6.02. The molecule has 68 valence electrons. The average Bonchev–Trinajstić information content (AvgIpc) is 2.04. The molecule has 4 nitrogen and oxygen atoms in total. The summed E-state index contributed by atoms with van der Waals surface area (Å²) in [5.74, 6) is -0.152. The molecule has 0 aliphatic carbocycles. The van der Waals surface area contributed by atoms with Gasteiger partial charge in [-0.15, -0.1) is 0 Å². The fourth-order valence-electron chi connectivity index (χ4n) is 1.10. The Kier molecular flexibility index (Phi) is 2.41. The molecule has 0 aliphatic rings. The van der Waals surface area contributed by atoms with E-state index in [1.54, 1.807) is 13.0 Å². The van der Waals surface area contributed by atoms with Crippen molar-refractivity contribution in [2.75, 3.05) is 0 Å². The van der Waals surface area contributed by atoms with Crippen molar-refractivity contribution in [2.45, 2.75) is 13.8 Å². The smallest absolute Gasteiger partial charge is 0.270 e. The van der Waals surface area contributed by atoms with E-state index in [1.807, 2.05) is 0 Å². The lowest BCUT2D eigenvalue weighted by Crippen LogP contribution is -1.98. The summed E-state index contributed by atoms with van der Waals surface area (Å²) >= 11 is 0. The fraction of sp³-hybridized carbons (Fsp3) is 0.222. The number of nitro benzene ring substituents is 1. The van der Waals surface area contributed by atoms with Gasteiger partial charge in [-0.3, -0.25) is 14.9 Å². The number of nitro groups is 1. The molecule has 0 atom stereocenters. The molecule has 0 saturated carbocycles. The molecular weight excluding hydrogens is 170 g/mol. The van der Waals surface area contributed by atoms with Crippen LogP contribution in [0.2, 0.25) is 0 Å². The van der Waals surface area contributed by atoms with Crippen LogP contribution in [-0.2, 0) is 0 Å². The molecule has 4 heteroatoms. The highest BCUT2D eigenvalue weighted by molar-refractivity contribution is 5.96. The number of ketones is 1. The number of carbonyl (C=O) groups is 1. The summed E-state index contributed by atoms with van der Waals surface area (Å²) < 4.78 is 0. The van der Waals surface area contributed by atoms with Gasteiger partial charge < -0.3 is 0 Å². The van der Waals surface area contributed by atoms with Crippen LogP contribution in [0.3, 0.4) is 0 Å². The predicted octanol–water partition coefficient (Wildman–Crippen LogP) is 2.11. The van der Waals surface area contributed by atoms with Crippen LogP contribution in [0.1, 0.15) is 22.8 Å². The van der Waals surface area contributed by atoms with Crippen LogP contribution in [0.15, 0.2) is 18.2 Å². The van der Waals surface area contributed by atoms with Gasteiger partial charge in [0.25, 0.3) is 5.69 Å². The van der Waals surface area contributed by atoms with Crippen LogP contribution in [0.5, 0.6) is 0 Å². The van der Waals surface area contributed by atoms with Gasteiger partial charge >= 0.3 is 0 Å². The number of hydrogen-bond donors (Lipinski definition) is 0. The molecule has 0 aliphatic heterocycles. The number of Topliss-reactive ketones (excluding diaryl/α,β-unsaturated/α-hetero) is 1. The summed E-state index contributed by atoms with van der Waals surface area (Å²) in [6, 6.07) is 4.27. The van der Waals surface area contributed by atoms with Crippen LogP contribution in [0.25, 0.3) is 0 Å². The quantitative estimate of drug-likeness (QED) is 0.397. The Morgan fingerprint density at radius 1 is 1.46 bits per heavy atom. The Hall–Kier alpha value is -1.71. The third-order valence-electron chi connectivity index (χ3n) is 1.81. The number of rotatable bonds is 2. The minimum absolute atomic E-state index is 0.0456. The van der Waals surface area contributed by atoms with Gasteiger partial charge in [-0.1, -0.05) is 6.07 Å². The lowest BCUT2D eigenvalue weighted by molar-refractivity contribution is -0.384. The maximum absolute atomic E-state index is 11.0. The normalized spacial score (nSPS) is 9.69. The molecule has 0 saturated heterocycles. The van der Waals surface area contributed by atoms with Crippen molar-refractivity contribution in [3.63, 3.8) is 0 Å². The molecule has 1 aromatic carbocycles. The topological polar surface area (TPSA) is 60.2 Å². The van der Waals surface area contributed by atoms with Crippen molar-refractivity contribution in [2.24, 2.45) is 0 Å². The van der Waals surface area contributed by atoms with Crippen molar-refractivity contribution in [3.8, 4) is 0 Å². The summed E-state index contributed by atoms with van der Waals surface area (Å²) in [6.45, 7) is 3.15. The molecule has 0 heterocycles. The SMILES string of the molecule is CC(=O)c1cc([N+](=O)[O-])ccc1C. The molecule has 0 N–H and O–H groups in total. The molecule has 1 rings (SSSR count). The van der Waals surface area contributed by atoms with Crippen LogP contribution >= 0.6 is 0 Å². The van der Waals surface area contributed by atoms with E-state index >= 15 is 0 Å². The van der Waals surface area contributed by atoms with Gasteiger partial charge in [-0.2, -0.15) is 0 Å². The zero-order valence-electron chi connectivity index (χ0n) is 7.40. The van der Waals surface area contributed by atoms with Crippen molar-refractivity contribution in [3.05, 3.63) is 39.4 Å². The average molecular weight is 179 g/mol. The van der Waals surface area contributed by atoms with Crippen LogP contribution in [0, 0.1) is 17.0 Å². The van der Waals surface area contributed by atoms with Gasteiger partial charge in [0.15, 0.2) is 5.78 Å². The van der Waals surface area contributed by atoms with Crippen LogP contribution in [-0.4, -0.2) is 10.7 Å². The van der Waals surface area contributed by atoms with E-state index in [0.29, 0.717) is 5.56 Å². The number of aryl methyl sites for hydroxylation is 1. The standard InChI is InChI=1S/C9H9NO3/c1-6-3-4-8(10(12)13)5-9(6)7(2)11/h3-5H,1-2H3. The highest BCUT2D eigenvalue weighted by Crippen LogP contribution is 2.17. The van der Waals surface area contributed by atoms with E-state index in [-0.39, 0.29) is 11.5 Å². The number of benzene rings is 1. The Bertz CT molecular complexity index is 371. The van der Waals surface area contributed by atoms with Crippen molar-refractivity contribution in [1.29, 1.82) is 0 Å². The summed E-state index contributed by atoms with van der Waals surface area (Å²) in [5.41, 5.74) is 1.13. The zero-order valence-corrected chi connectivity index (χ0v) is 7.40. The molecule has 0 amide bonds. The van der Waals surface area contributed by atoms with E-state index in [0.717, 1.165) is 5.56 Å². The van der Waals surface area contributed by atoms with Crippen LogP contribution in [0.4, 0.5) is 5.69 Å². The molecule has 13 heavy (non-hydrogen) atoms. The molecule has 0 unspecified atom stereocenters. The lowest BCUT2D eigenvalue weighted by atomic mass is 10.1. The molecule has 1 aromatic rings. The minimum Gasteiger partial charge on any atom is -0.294 e. The van der Waals surface area contributed by atoms with E-state index in [2.05, 4.69) is 0 Å². The zero-order chi connectivity index (χ0) is 10.0. The molecule has 0 spiro atoms. The first kappa shape index (κ1) is 9.38. The molecule has 0 radical (unpaired) electrons. The van der Waals surface area contributed by atoms with Crippen LogP contribution < -0.4 is 0 Å². The van der Waals surface area contributed by atoms with E-state index < -0.39 is 4.92 Å². The van der Waals surface area contributed by atoms with Gasteiger partial charge in [-0.25, -0.2) is 0 Å².